The van der Waals surface area contributed by atoms with Gasteiger partial charge in [-0.05, 0) is 50.5 Å². The number of rotatable bonds is 3. The van der Waals surface area contributed by atoms with Gasteiger partial charge in [-0.3, -0.25) is 9.78 Å². The van der Waals surface area contributed by atoms with Crippen LogP contribution in [0, 0.1) is 27.7 Å². The van der Waals surface area contributed by atoms with Crippen LogP contribution in [0.15, 0.2) is 18.3 Å². The third-order valence-electron chi connectivity index (χ3n) is 4.71. The number of benzene rings is 1. The van der Waals surface area contributed by atoms with Gasteiger partial charge in [-0.15, -0.1) is 0 Å². The lowest BCUT2D eigenvalue weighted by atomic mass is 9.94. The molecule has 0 unspecified atom stereocenters. The Morgan fingerprint density at radius 2 is 1.79 bits per heavy atom. The summed E-state index contributed by atoms with van der Waals surface area (Å²) >= 11 is 0. The molecule has 0 amide bonds. The highest BCUT2D eigenvalue weighted by molar-refractivity contribution is 6.17. The molecule has 124 valence electrons. The molecule has 1 aromatic carbocycles. The van der Waals surface area contributed by atoms with Crippen molar-refractivity contribution in [2.24, 2.45) is 7.05 Å². The molecular formula is C19H21N3O2. The maximum Gasteiger partial charge on any atom is 0.222 e. The first-order valence-electron chi connectivity index (χ1n) is 7.84. The second-order valence-electron chi connectivity index (χ2n) is 6.12. The Bertz CT molecular complexity index is 971. The molecular weight excluding hydrogens is 302 g/mol. The van der Waals surface area contributed by atoms with Gasteiger partial charge in [-0.25, -0.2) is 4.68 Å². The van der Waals surface area contributed by atoms with E-state index in [1.165, 1.54) is 12.7 Å². The highest BCUT2D eigenvalue weighted by atomic mass is 16.5. The maximum atomic E-state index is 13.1. The van der Waals surface area contributed by atoms with Gasteiger partial charge in [0.15, 0.2) is 0 Å². The normalized spacial score (nSPS) is 11.1. The highest BCUT2D eigenvalue weighted by Gasteiger charge is 2.22. The van der Waals surface area contributed by atoms with Gasteiger partial charge in [0.2, 0.25) is 11.7 Å². The summed E-state index contributed by atoms with van der Waals surface area (Å²) in [6, 6.07) is 3.81. The minimum absolute atomic E-state index is 0.125. The van der Waals surface area contributed by atoms with Crippen LogP contribution in [-0.2, 0) is 7.05 Å². The van der Waals surface area contributed by atoms with E-state index in [9.17, 15) is 4.79 Å². The Balaban J connectivity index is 2.31. The molecule has 2 heterocycles. The van der Waals surface area contributed by atoms with Gasteiger partial charge in [0.25, 0.3) is 0 Å². The largest absolute Gasteiger partial charge is 0.481 e. The van der Waals surface area contributed by atoms with Crippen molar-refractivity contribution in [3.8, 4) is 5.88 Å². The predicted octanol–water partition coefficient (Wildman–Crippen LogP) is 3.44. The van der Waals surface area contributed by atoms with Crippen LogP contribution in [0.5, 0.6) is 5.88 Å². The average Bonchev–Trinajstić information content (AvgIpc) is 2.93. The van der Waals surface area contributed by atoms with Crippen LogP contribution in [0.1, 0.15) is 38.3 Å². The minimum atomic E-state index is -0.125. The lowest BCUT2D eigenvalue weighted by Crippen LogP contribution is -2.07. The summed E-state index contributed by atoms with van der Waals surface area (Å²) in [6.07, 6.45) is 1.54. The lowest BCUT2D eigenvalue weighted by molar-refractivity contribution is 0.103. The van der Waals surface area contributed by atoms with Gasteiger partial charge < -0.3 is 4.74 Å². The van der Waals surface area contributed by atoms with Crippen LogP contribution >= 0.6 is 0 Å². The molecule has 0 aliphatic rings. The van der Waals surface area contributed by atoms with Crippen LogP contribution in [0.25, 0.3) is 10.9 Å². The lowest BCUT2D eigenvalue weighted by Gasteiger charge is -2.14. The Morgan fingerprint density at radius 1 is 1.08 bits per heavy atom. The van der Waals surface area contributed by atoms with Crippen molar-refractivity contribution in [2.45, 2.75) is 27.7 Å². The van der Waals surface area contributed by atoms with Crippen molar-refractivity contribution in [1.29, 1.82) is 0 Å². The minimum Gasteiger partial charge on any atom is -0.481 e. The van der Waals surface area contributed by atoms with Gasteiger partial charge in [0.05, 0.1) is 18.8 Å². The van der Waals surface area contributed by atoms with Crippen LogP contribution < -0.4 is 4.74 Å². The fourth-order valence-electron chi connectivity index (χ4n) is 3.14. The molecule has 3 rings (SSSR count). The van der Waals surface area contributed by atoms with Gasteiger partial charge in [0.1, 0.15) is 5.56 Å². The van der Waals surface area contributed by atoms with E-state index >= 15 is 0 Å². The monoisotopic (exact) mass is 323 g/mol. The molecule has 0 saturated carbocycles. The zero-order chi connectivity index (χ0) is 17.6. The summed E-state index contributed by atoms with van der Waals surface area (Å²) in [6.45, 7) is 8.17. The summed E-state index contributed by atoms with van der Waals surface area (Å²) in [5.41, 5.74) is 6.16. The molecule has 3 aromatic rings. The zero-order valence-electron chi connectivity index (χ0n) is 14.9. The van der Waals surface area contributed by atoms with Gasteiger partial charge in [-0.1, -0.05) is 6.07 Å². The van der Waals surface area contributed by atoms with Gasteiger partial charge in [0, 0.05) is 23.7 Å². The highest BCUT2D eigenvalue weighted by Crippen LogP contribution is 2.30. The number of aromatic nitrogens is 3. The fraction of sp³-hybridized carbons (Fsp3) is 0.316. The van der Waals surface area contributed by atoms with Crippen molar-refractivity contribution >= 4 is 16.7 Å². The number of carbonyl (C=O) groups is 1. The van der Waals surface area contributed by atoms with E-state index in [-0.39, 0.29) is 5.78 Å². The number of methoxy groups -OCH3 is 1. The Morgan fingerprint density at radius 3 is 2.46 bits per heavy atom. The predicted molar refractivity (Wildman–Crippen MR) is 93.9 cm³/mol. The molecule has 0 saturated heterocycles. The van der Waals surface area contributed by atoms with E-state index in [4.69, 9.17) is 9.72 Å². The van der Waals surface area contributed by atoms with Crippen molar-refractivity contribution in [2.75, 3.05) is 7.11 Å². The SMILES string of the molecule is COc1c(C(=O)c2ccc(C)c3c(C)c(C)c(C)nc23)cnn1C. The maximum absolute atomic E-state index is 13.1. The fourth-order valence-corrected chi connectivity index (χ4v) is 3.14. The van der Waals surface area contributed by atoms with Gasteiger partial charge >= 0.3 is 0 Å². The molecule has 24 heavy (non-hydrogen) atoms. The van der Waals surface area contributed by atoms with Crippen LogP contribution in [0.4, 0.5) is 0 Å². The number of fused-ring (bicyclic) bond motifs is 1. The van der Waals surface area contributed by atoms with E-state index in [2.05, 4.69) is 18.9 Å². The summed E-state index contributed by atoms with van der Waals surface area (Å²) in [4.78, 5) is 17.8. The molecule has 0 fully saturated rings. The molecule has 5 heteroatoms. The van der Waals surface area contributed by atoms with E-state index in [1.54, 1.807) is 17.9 Å². The molecule has 2 aromatic heterocycles. The zero-order valence-corrected chi connectivity index (χ0v) is 14.9. The molecule has 0 spiro atoms. The van der Waals surface area contributed by atoms with Crippen molar-refractivity contribution < 1.29 is 9.53 Å². The smallest absolute Gasteiger partial charge is 0.222 e. The number of carbonyl (C=O) groups excluding carboxylic acids is 1. The Hall–Kier alpha value is -2.69. The third-order valence-corrected chi connectivity index (χ3v) is 4.71. The van der Waals surface area contributed by atoms with Gasteiger partial charge in [-0.2, -0.15) is 5.10 Å². The average molecular weight is 323 g/mol. The number of pyridine rings is 1. The quantitative estimate of drug-likeness (QED) is 0.693. The summed E-state index contributed by atoms with van der Waals surface area (Å²) in [5.74, 6) is 0.328. The van der Waals surface area contributed by atoms with E-state index in [1.807, 2.05) is 26.0 Å². The van der Waals surface area contributed by atoms with E-state index in [0.29, 0.717) is 17.0 Å². The number of nitrogens with zero attached hydrogens (tertiary/aromatic N) is 3. The van der Waals surface area contributed by atoms with Crippen molar-refractivity contribution in [3.05, 3.63) is 51.8 Å². The van der Waals surface area contributed by atoms with E-state index in [0.717, 1.165) is 27.7 Å². The summed E-state index contributed by atoms with van der Waals surface area (Å²) < 4.78 is 6.87. The Labute approximate surface area is 141 Å². The van der Waals surface area contributed by atoms with Crippen molar-refractivity contribution in [1.82, 2.24) is 14.8 Å². The molecule has 0 aliphatic carbocycles. The first-order chi connectivity index (χ1) is 11.4. The third kappa shape index (κ3) is 2.28. The van der Waals surface area contributed by atoms with Crippen LogP contribution in [0.2, 0.25) is 0 Å². The number of hydrogen-bond acceptors (Lipinski definition) is 4. The number of hydrogen-bond donors (Lipinski definition) is 0. The Kier molecular flexibility index (Phi) is 3.87. The number of ketones is 1. The van der Waals surface area contributed by atoms with E-state index < -0.39 is 0 Å². The molecule has 0 aliphatic heterocycles. The first-order valence-corrected chi connectivity index (χ1v) is 7.84. The molecule has 0 N–H and O–H groups in total. The number of ether oxygens (including phenoxy) is 1. The molecule has 0 bridgehead atoms. The summed E-state index contributed by atoms with van der Waals surface area (Å²) in [5, 5.41) is 5.18. The van der Waals surface area contributed by atoms with Crippen molar-refractivity contribution in [3.63, 3.8) is 0 Å². The summed E-state index contributed by atoms with van der Waals surface area (Å²) in [7, 11) is 3.29. The second kappa shape index (κ2) is 5.74. The number of aryl methyl sites for hydroxylation is 4. The molecule has 5 nitrogen and oxygen atoms in total. The molecule has 0 atom stereocenters. The second-order valence-corrected chi connectivity index (χ2v) is 6.12. The molecule has 0 radical (unpaired) electrons. The van der Waals surface area contributed by atoms with Crippen LogP contribution in [0.3, 0.4) is 0 Å². The topological polar surface area (TPSA) is 57.0 Å². The standard InChI is InChI=1S/C19H21N3O2/c1-10-7-8-14(17-16(10)12(3)11(2)13(4)21-17)18(23)15-9-20-22(5)19(15)24-6/h7-9H,1-6H3. The first kappa shape index (κ1) is 16.2. The van der Waals surface area contributed by atoms with Crippen LogP contribution in [-0.4, -0.2) is 27.7 Å².